The van der Waals surface area contributed by atoms with Crippen molar-refractivity contribution in [3.63, 3.8) is 0 Å². The predicted molar refractivity (Wildman–Crippen MR) is 62.3 cm³/mol. The number of hydrogen-bond donors (Lipinski definition) is 1. The molecule has 0 unspecified atom stereocenters. The molecule has 0 aromatic carbocycles. The highest BCUT2D eigenvalue weighted by atomic mass is 16.5. The van der Waals surface area contributed by atoms with Crippen molar-refractivity contribution >= 4 is 0 Å². The van der Waals surface area contributed by atoms with Gasteiger partial charge in [-0.3, -0.25) is 4.90 Å². The molecule has 0 radical (unpaired) electrons. The molecule has 0 aromatic heterocycles. The van der Waals surface area contributed by atoms with Crippen molar-refractivity contribution in [1.29, 1.82) is 0 Å². The summed E-state index contributed by atoms with van der Waals surface area (Å²) in [5, 5.41) is 9.59. The summed E-state index contributed by atoms with van der Waals surface area (Å²) in [7, 11) is 0. The SMILES string of the molecule is OC[C@@]12CCCN1[C@H](COCC1CC1)CC2. The molecule has 3 aliphatic rings. The van der Waals surface area contributed by atoms with Crippen molar-refractivity contribution in [3.05, 3.63) is 0 Å². The Morgan fingerprint density at radius 2 is 2.06 bits per heavy atom. The Hall–Kier alpha value is -0.120. The smallest absolute Gasteiger partial charge is 0.0622 e. The lowest BCUT2D eigenvalue weighted by Crippen LogP contribution is -2.46. The average molecular weight is 225 g/mol. The minimum absolute atomic E-state index is 0.133. The predicted octanol–water partition coefficient (Wildman–Crippen LogP) is 1.40. The molecule has 2 atom stereocenters. The van der Waals surface area contributed by atoms with Crippen LogP contribution in [0.2, 0.25) is 0 Å². The second-order valence-corrected chi connectivity index (χ2v) is 5.85. The molecule has 1 saturated carbocycles. The molecule has 16 heavy (non-hydrogen) atoms. The van der Waals surface area contributed by atoms with Crippen LogP contribution < -0.4 is 0 Å². The number of aliphatic hydroxyl groups is 1. The molecule has 92 valence electrons. The van der Waals surface area contributed by atoms with E-state index < -0.39 is 0 Å². The van der Waals surface area contributed by atoms with Crippen LogP contribution in [0.15, 0.2) is 0 Å². The summed E-state index contributed by atoms with van der Waals surface area (Å²) >= 11 is 0. The zero-order valence-electron chi connectivity index (χ0n) is 10.0. The maximum absolute atomic E-state index is 9.59. The van der Waals surface area contributed by atoms with Gasteiger partial charge in [0.05, 0.1) is 13.2 Å². The van der Waals surface area contributed by atoms with E-state index >= 15 is 0 Å². The summed E-state index contributed by atoms with van der Waals surface area (Å²) in [6, 6.07) is 0.577. The van der Waals surface area contributed by atoms with E-state index in [0.717, 1.165) is 25.7 Å². The van der Waals surface area contributed by atoms with Gasteiger partial charge in [0.2, 0.25) is 0 Å². The van der Waals surface area contributed by atoms with Gasteiger partial charge in [-0.05, 0) is 51.0 Å². The van der Waals surface area contributed by atoms with Crippen LogP contribution in [-0.2, 0) is 4.74 Å². The largest absolute Gasteiger partial charge is 0.394 e. The maximum atomic E-state index is 9.59. The fraction of sp³-hybridized carbons (Fsp3) is 1.00. The second kappa shape index (κ2) is 4.28. The molecule has 0 aromatic rings. The van der Waals surface area contributed by atoms with Gasteiger partial charge >= 0.3 is 0 Å². The highest BCUT2D eigenvalue weighted by Gasteiger charge is 2.48. The summed E-state index contributed by atoms with van der Waals surface area (Å²) in [6.45, 7) is 3.36. The van der Waals surface area contributed by atoms with Gasteiger partial charge in [0.1, 0.15) is 0 Å². The normalized spacial score (nSPS) is 39.2. The number of nitrogens with zero attached hydrogens (tertiary/aromatic N) is 1. The van der Waals surface area contributed by atoms with Gasteiger partial charge in [0.25, 0.3) is 0 Å². The molecule has 0 amide bonds. The van der Waals surface area contributed by atoms with E-state index in [1.807, 2.05) is 0 Å². The topological polar surface area (TPSA) is 32.7 Å². The van der Waals surface area contributed by atoms with Crippen molar-refractivity contribution < 1.29 is 9.84 Å². The van der Waals surface area contributed by atoms with Gasteiger partial charge in [-0.2, -0.15) is 0 Å². The molecule has 1 N–H and O–H groups in total. The fourth-order valence-corrected chi connectivity index (χ4v) is 3.47. The fourth-order valence-electron chi connectivity index (χ4n) is 3.47. The van der Waals surface area contributed by atoms with E-state index in [1.54, 1.807) is 0 Å². The first-order valence-electron chi connectivity index (χ1n) is 6.79. The first-order valence-corrected chi connectivity index (χ1v) is 6.79. The van der Waals surface area contributed by atoms with Crippen molar-refractivity contribution in [2.45, 2.75) is 50.1 Å². The van der Waals surface area contributed by atoms with Crippen LogP contribution in [0, 0.1) is 5.92 Å². The molecular formula is C13H23NO2. The van der Waals surface area contributed by atoms with Crippen LogP contribution in [-0.4, -0.2) is 48.0 Å². The van der Waals surface area contributed by atoms with E-state index in [2.05, 4.69) is 4.90 Å². The highest BCUT2D eigenvalue weighted by Crippen LogP contribution is 2.42. The molecule has 0 bridgehead atoms. The Morgan fingerprint density at radius 3 is 2.81 bits per heavy atom. The number of fused-ring (bicyclic) bond motifs is 1. The Morgan fingerprint density at radius 1 is 1.19 bits per heavy atom. The average Bonchev–Trinajstić information content (AvgIpc) is 2.91. The van der Waals surface area contributed by atoms with Crippen molar-refractivity contribution in [1.82, 2.24) is 4.90 Å². The maximum Gasteiger partial charge on any atom is 0.0622 e. The van der Waals surface area contributed by atoms with Gasteiger partial charge in [-0.25, -0.2) is 0 Å². The van der Waals surface area contributed by atoms with Gasteiger partial charge in [-0.1, -0.05) is 0 Å². The molecule has 3 rings (SSSR count). The summed E-state index contributed by atoms with van der Waals surface area (Å²) in [4.78, 5) is 2.53. The quantitative estimate of drug-likeness (QED) is 0.767. The van der Waals surface area contributed by atoms with E-state index in [0.29, 0.717) is 12.6 Å². The van der Waals surface area contributed by atoms with Crippen LogP contribution >= 0.6 is 0 Å². The van der Waals surface area contributed by atoms with Gasteiger partial charge in [0.15, 0.2) is 0 Å². The molecule has 2 heterocycles. The molecular weight excluding hydrogens is 202 g/mol. The molecule has 3 fully saturated rings. The third-order valence-electron chi connectivity index (χ3n) is 4.69. The second-order valence-electron chi connectivity index (χ2n) is 5.85. The lowest BCUT2D eigenvalue weighted by Gasteiger charge is -2.33. The Kier molecular flexibility index (Phi) is 2.94. The molecule has 3 heteroatoms. The zero-order chi connectivity index (χ0) is 11.0. The van der Waals surface area contributed by atoms with Gasteiger partial charge in [-0.15, -0.1) is 0 Å². The minimum Gasteiger partial charge on any atom is -0.394 e. The van der Waals surface area contributed by atoms with Crippen LogP contribution in [0.5, 0.6) is 0 Å². The van der Waals surface area contributed by atoms with Crippen molar-refractivity contribution in [2.24, 2.45) is 5.92 Å². The van der Waals surface area contributed by atoms with Crippen LogP contribution in [0.1, 0.15) is 38.5 Å². The van der Waals surface area contributed by atoms with Crippen molar-refractivity contribution in [3.8, 4) is 0 Å². The van der Waals surface area contributed by atoms with Crippen LogP contribution in [0.3, 0.4) is 0 Å². The standard InChI is InChI=1S/C13H23NO2/c15-10-13-5-1-7-14(13)12(4-6-13)9-16-8-11-2-3-11/h11-12,15H,1-10H2/t12-,13-/m0/s1. The summed E-state index contributed by atoms with van der Waals surface area (Å²) < 4.78 is 5.82. The first kappa shape index (κ1) is 11.0. The van der Waals surface area contributed by atoms with Crippen molar-refractivity contribution in [2.75, 3.05) is 26.4 Å². The molecule has 3 nitrogen and oxygen atoms in total. The van der Waals surface area contributed by atoms with Crippen LogP contribution in [0.25, 0.3) is 0 Å². The molecule has 1 aliphatic carbocycles. The summed E-state index contributed by atoms with van der Waals surface area (Å²) in [5.74, 6) is 0.864. The van der Waals surface area contributed by atoms with Gasteiger partial charge in [0, 0.05) is 18.2 Å². The Labute approximate surface area is 97.8 Å². The van der Waals surface area contributed by atoms with E-state index in [4.69, 9.17) is 4.74 Å². The summed E-state index contributed by atoms with van der Waals surface area (Å²) in [6.07, 6.45) is 7.55. The monoisotopic (exact) mass is 225 g/mol. The van der Waals surface area contributed by atoms with Gasteiger partial charge < -0.3 is 9.84 Å². The first-order chi connectivity index (χ1) is 7.84. The number of hydrogen-bond acceptors (Lipinski definition) is 3. The molecule has 0 spiro atoms. The number of rotatable bonds is 5. The van der Waals surface area contributed by atoms with E-state index in [9.17, 15) is 5.11 Å². The lowest BCUT2D eigenvalue weighted by atomic mass is 9.95. The molecule has 2 saturated heterocycles. The minimum atomic E-state index is 0.133. The lowest BCUT2D eigenvalue weighted by molar-refractivity contribution is 0.0303. The number of aliphatic hydroxyl groups excluding tert-OH is 1. The third-order valence-corrected chi connectivity index (χ3v) is 4.69. The third kappa shape index (κ3) is 1.89. The zero-order valence-corrected chi connectivity index (χ0v) is 10.0. The van der Waals surface area contributed by atoms with E-state index in [-0.39, 0.29) is 5.54 Å². The Balaban J connectivity index is 1.52. The number of ether oxygens (including phenoxy) is 1. The van der Waals surface area contributed by atoms with Crippen LogP contribution in [0.4, 0.5) is 0 Å². The van der Waals surface area contributed by atoms with E-state index in [1.165, 1.54) is 38.5 Å². The molecule has 2 aliphatic heterocycles. The summed E-state index contributed by atoms with van der Waals surface area (Å²) in [5.41, 5.74) is 0.133. The Bertz CT molecular complexity index is 254. The highest BCUT2D eigenvalue weighted by molar-refractivity contribution is 5.04.